The Hall–Kier alpha value is -1.75. The third-order valence-electron chi connectivity index (χ3n) is 5.17. The molecule has 2 bridgehead atoms. The van der Waals surface area contributed by atoms with E-state index in [0.717, 1.165) is 11.1 Å². The van der Waals surface area contributed by atoms with Crippen molar-refractivity contribution < 1.29 is 28.2 Å². The summed E-state index contributed by atoms with van der Waals surface area (Å²) in [4.78, 5) is 26.0. The van der Waals surface area contributed by atoms with E-state index in [9.17, 15) is 9.59 Å². The Bertz CT molecular complexity index is 879. The first-order chi connectivity index (χ1) is 12.9. The molecule has 3 rings (SSSR count). The van der Waals surface area contributed by atoms with E-state index in [1.54, 1.807) is 0 Å². The van der Waals surface area contributed by atoms with Crippen LogP contribution in [0.15, 0.2) is 35.4 Å². The minimum absolute atomic E-state index is 0.116. The Morgan fingerprint density at radius 1 is 0.857 bits per heavy atom. The van der Waals surface area contributed by atoms with Crippen LogP contribution in [0.5, 0.6) is 0 Å². The van der Waals surface area contributed by atoms with Crippen LogP contribution in [0, 0.1) is 0 Å². The molecule has 8 heteroatoms. The summed E-state index contributed by atoms with van der Waals surface area (Å²) in [7, 11) is -1.92. The quantitative estimate of drug-likeness (QED) is 0.537. The van der Waals surface area contributed by atoms with Crippen molar-refractivity contribution in [2.45, 2.75) is 50.3 Å². The van der Waals surface area contributed by atoms with Gasteiger partial charge in [0, 0.05) is 5.56 Å². The smallest absolute Gasteiger partial charge is 0.340 e. The molecule has 2 heterocycles. The maximum absolute atomic E-state index is 13.0. The normalized spacial score (nSPS) is 26.3. The van der Waals surface area contributed by atoms with E-state index in [4.69, 9.17) is 18.6 Å². The van der Waals surface area contributed by atoms with E-state index in [0.29, 0.717) is 0 Å². The van der Waals surface area contributed by atoms with Crippen molar-refractivity contribution in [1.82, 2.24) is 0 Å². The number of hydrogen-bond acceptors (Lipinski definition) is 6. The maximum Gasteiger partial charge on any atom is 0.340 e. The van der Waals surface area contributed by atoms with Crippen LogP contribution >= 0.6 is 0 Å². The Balaban J connectivity index is 2.49. The predicted octanol–water partition coefficient (Wildman–Crippen LogP) is 3.45. The number of hydrogen-bond donors (Lipinski definition) is 0. The van der Waals surface area contributed by atoms with Gasteiger partial charge >= 0.3 is 11.9 Å². The molecule has 1 aromatic carbocycles. The van der Waals surface area contributed by atoms with Gasteiger partial charge in [-0.25, -0.2) is 9.59 Å². The van der Waals surface area contributed by atoms with E-state index in [1.807, 2.05) is 43.9 Å². The van der Waals surface area contributed by atoms with Crippen LogP contribution in [0.25, 0.3) is 0 Å². The lowest BCUT2D eigenvalue weighted by Gasteiger charge is -2.39. The van der Waals surface area contributed by atoms with Gasteiger partial charge in [0.05, 0.1) is 27.9 Å². The highest BCUT2D eigenvalue weighted by Gasteiger charge is 2.73. The summed E-state index contributed by atoms with van der Waals surface area (Å²) in [6, 6.07) is 7.68. The second-order valence-electron chi connectivity index (χ2n) is 9.14. The largest absolute Gasteiger partial charge is 0.466 e. The molecule has 152 valence electrons. The van der Waals surface area contributed by atoms with Crippen molar-refractivity contribution in [1.29, 1.82) is 0 Å². The molecule has 0 saturated carbocycles. The molecule has 6 nitrogen and oxygen atoms in total. The molecule has 0 fully saturated rings. The highest BCUT2D eigenvalue weighted by molar-refractivity contribution is 6.80. The minimum atomic E-state index is -2.30. The van der Waals surface area contributed by atoms with Crippen LogP contribution in [-0.2, 0) is 39.2 Å². The van der Waals surface area contributed by atoms with E-state index in [2.05, 4.69) is 19.6 Å². The van der Waals surface area contributed by atoms with Crippen molar-refractivity contribution in [3.8, 4) is 0 Å². The molecule has 0 spiro atoms. The number of ether oxygens (including phenoxy) is 3. The SMILES string of the molecule is COC(=O)C1=C(C(=O)OC)C2([Si](C)(C)C)OC1(O[Si](C)(C)C)c1ccccc12. The fourth-order valence-electron chi connectivity index (χ4n) is 4.29. The second-order valence-corrected chi connectivity index (χ2v) is 18.8. The van der Waals surface area contributed by atoms with Gasteiger partial charge in [-0.1, -0.05) is 43.9 Å². The van der Waals surface area contributed by atoms with Gasteiger partial charge < -0.3 is 18.6 Å². The van der Waals surface area contributed by atoms with Crippen molar-refractivity contribution in [3.63, 3.8) is 0 Å². The molecule has 28 heavy (non-hydrogen) atoms. The van der Waals surface area contributed by atoms with E-state index < -0.39 is 39.3 Å². The zero-order valence-electron chi connectivity index (χ0n) is 17.8. The average molecular weight is 421 g/mol. The molecule has 2 unspecified atom stereocenters. The summed E-state index contributed by atoms with van der Waals surface area (Å²) in [6.45, 7) is 12.4. The molecule has 2 atom stereocenters. The van der Waals surface area contributed by atoms with Gasteiger partial charge in [-0.3, -0.25) is 0 Å². The molecule has 2 aliphatic heterocycles. The summed E-state index contributed by atoms with van der Waals surface area (Å²) in [6.07, 6.45) is 0. The zero-order chi connectivity index (χ0) is 21.1. The Labute approximate surface area is 168 Å². The molecule has 0 aromatic heterocycles. The summed E-state index contributed by atoms with van der Waals surface area (Å²) in [5.74, 6) is -2.68. The summed E-state index contributed by atoms with van der Waals surface area (Å²) < 4.78 is 23.5. The molecule has 1 aromatic rings. The molecular formula is C20H28O6Si2. The van der Waals surface area contributed by atoms with Gasteiger partial charge in [-0.2, -0.15) is 0 Å². The van der Waals surface area contributed by atoms with Gasteiger partial charge in [0.25, 0.3) is 0 Å². The molecule has 0 radical (unpaired) electrons. The number of rotatable bonds is 5. The minimum Gasteiger partial charge on any atom is -0.466 e. The molecule has 0 saturated heterocycles. The van der Waals surface area contributed by atoms with Crippen molar-refractivity contribution in [2.24, 2.45) is 0 Å². The molecule has 2 aliphatic rings. The van der Waals surface area contributed by atoms with Gasteiger partial charge in [0.1, 0.15) is 10.8 Å². The van der Waals surface area contributed by atoms with Crippen LogP contribution in [0.1, 0.15) is 11.1 Å². The van der Waals surface area contributed by atoms with Crippen LogP contribution in [0.2, 0.25) is 39.3 Å². The first-order valence-electron chi connectivity index (χ1n) is 9.28. The third kappa shape index (κ3) is 2.66. The van der Waals surface area contributed by atoms with Crippen molar-refractivity contribution >= 4 is 28.3 Å². The lowest BCUT2D eigenvalue weighted by atomic mass is 9.83. The van der Waals surface area contributed by atoms with Crippen LogP contribution in [0.3, 0.4) is 0 Å². The van der Waals surface area contributed by atoms with E-state index >= 15 is 0 Å². The van der Waals surface area contributed by atoms with Crippen LogP contribution in [-0.4, -0.2) is 42.5 Å². The van der Waals surface area contributed by atoms with Crippen molar-refractivity contribution in [3.05, 3.63) is 46.5 Å². The summed E-state index contributed by atoms with van der Waals surface area (Å²) in [5, 5.41) is -1.06. The predicted molar refractivity (Wildman–Crippen MR) is 110 cm³/mol. The summed E-state index contributed by atoms with van der Waals surface area (Å²) in [5.41, 5.74) is 1.98. The number of benzene rings is 1. The highest BCUT2D eigenvalue weighted by Crippen LogP contribution is 2.65. The number of fused-ring (bicyclic) bond motifs is 5. The fraction of sp³-hybridized carbons (Fsp3) is 0.500. The highest BCUT2D eigenvalue weighted by atomic mass is 28.4. The third-order valence-corrected chi connectivity index (χ3v) is 8.81. The van der Waals surface area contributed by atoms with Crippen LogP contribution < -0.4 is 0 Å². The maximum atomic E-state index is 13.0. The van der Waals surface area contributed by atoms with Gasteiger partial charge in [-0.15, -0.1) is 0 Å². The lowest BCUT2D eigenvalue weighted by molar-refractivity contribution is -0.179. The molecule has 0 amide bonds. The monoisotopic (exact) mass is 420 g/mol. The van der Waals surface area contributed by atoms with Gasteiger partial charge in [0.2, 0.25) is 5.79 Å². The van der Waals surface area contributed by atoms with E-state index in [-0.39, 0.29) is 11.1 Å². The van der Waals surface area contributed by atoms with Gasteiger partial charge in [0.15, 0.2) is 8.32 Å². The fourth-order valence-corrected chi connectivity index (χ4v) is 7.86. The number of esters is 2. The number of methoxy groups -OCH3 is 2. The number of carbonyl (C=O) groups is 2. The topological polar surface area (TPSA) is 71.1 Å². The van der Waals surface area contributed by atoms with Crippen LogP contribution in [0.4, 0.5) is 0 Å². The van der Waals surface area contributed by atoms with E-state index in [1.165, 1.54) is 14.2 Å². The first-order valence-corrected chi connectivity index (χ1v) is 16.2. The second kappa shape index (κ2) is 6.38. The number of carbonyl (C=O) groups excluding carboxylic acids is 2. The zero-order valence-corrected chi connectivity index (χ0v) is 19.8. The first kappa shape index (κ1) is 21.0. The average Bonchev–Trinajstić information content (AvgIpc) is 3.06. The standard InChI is InChI=1S/C20H28O6Si2/c1-23-17(21)15-16(18(22)24-2)20(27(3,4)5)14-12-10-9-11-13(14)19(15,25-20)26-28(6,7)8/h9-12H,1-8H3. The lowest BCUT2D eigenvalue weighted by Crippen LogP contribution is -2.52. The van der Waals surface area contributed by atoms with Crippen molar-refractivity contribution in [2.75, 3.05) is 14.2 Å². The molecular weight excluding hydrogens is 392 g/mol. The van der Waals surface area contributed by atoms with Gasteiger partial charge in [-0.05, 0) is 25.2 Å². The molecule has 0 N–H and O–H groups in total. The Morgan fingerprint density at radius 3 is 1.82 bits per heavy atom. The molecule has 0 aliphatic carbocycles. The Kier molecular flexibility index (Phi) is 4.78. The Morgan fingerprint density at radius 2 is 1.36 bits per heavy atom. The summed E-state index contributed by atoms with van der Waals surface area (Å²) >= 11 is 0.